The number of carbonyl (C=O) groups is 2. The van der Waals surface area contributed by atoms with Crippen molar-refractivity contribution in [2.24, 2.45) is 0 Å². The summed E-state index contributed by atoms with van der Waals surface area (Å²) in [6.45, 7) is 3.02. The van der Waals surface area contributed by atoms with Gasteiger partial charge in [0.25, 0.3) is 5.91 Å². The number of hydrogen-bond acceptors (Lipinski definition) is 6. The summed E-state index contributed by atoms with van der Waals surface area (Å²) >= 11 is 13.9. The van der Waals surface area contributed by atoms with E-state index in [-0.39, 0.29) is 11.9 Å². The number of esters is 1. The quantitative estimate of drug-likeness (QED) is 0.165. The SMILES string of the molecule is CCCc1nnc(SC(c2ccc(Cl)cc2)c2ccc(Cl)cc2)n1-c1ccc(NC(=O)COC(C)=O)cc1. The van der Waals surface area contributed by atoms with Gasteiger partial charge in [-0.25, -0.2) is 0 Å². The van der Waals surface area contributed by atoms with Crippen molar-refractivity contribution < 1.29 is 14.3 Å². The molecule has 0 aliphatic carbocycles. The van der Waals surface area contributed by atoms with Crippen molar-refractivity contribution in [2.45, 2.75) is 37.1 Å². The minimum absolute atomic E-state index is 0.0817. The number of thioether (sulfide) groups is 1. The van der Waals surface area contributed by atoms with Crippen LogP contribution in [0, 0.1) is 0 Å². The molecule has 7 nitrogen and oxygen atoms in total. The Kier molecular flexibility index (Phi) is 9.44. The van der Waals surface area contributed by atoms with E-state index in [9.17, 15) is 9.59 Å². The topological polar surface area (TPSA) is 86.1 Å². The van der Waals surface area contributed by atoms with E-state index in [4.69, 9.17) is 27.9 Å². The van der Waals surface area contributed by atoms with E-state index in [2.05, 4.69) is 22.4 Å². The largest absolute Gasteiger partial charge is 0.456 e. The molecule has 0 spiro atoms. The van der Waals surface area contributed by atoms with Gasteiger partial charge in [0.2, 0.25) is 0 Å². The lowest BCUT2D eigenvalue weighted by Crippen LogP contribution is -2.19. The second-order valence-electron chi connectivity index (χ2n) is 8.46. The number of anilines is 1. The zero-order valence-corrected chi connectivity index (χ0v) is 23.2. The molecule has 10 heteroatoms. The highest BCUT2D eigenvalue weighted by atomic mass is 35.5. The Balaban J connectivity index is 1.65. The Labute approximate surface area is 235 Å². The normalized spacial score (nSPS) is 11.0. The number of aryl methyl sites for hydroxylation is 1. The summed E-state index contributed by atoms with van der Waals surface area (Å²) in [6, 6.07) is 22.9. The number of ether oxygens (including phenoxy) is 1. The monoisotopic (exact) mass is 568 g/mol. The number of aromatic nitrogens is 3. The van der Waals surface area contributed by atoms with Gasteiger partial charge in [-0.1, -0.05) is 66.2 Å². The lowest BCUT2D eigenvalue weighted by Gasteiger charge is -2.19. The first-order valence-electron chi connectivity index (χ1n) is 12.0. The fourth-order valence-electron chi connectivity index (χ4n) is 3.79. The van der Waals surface area contributed by atoms with Crippen molar-refractivity contribution in [2.75, 3.05) is 11.9 Å². The average molecular weight is 570 g/mol. The van der Waals surface area contributed by atoms with E-state index in [1.54, 1.807) is 23.9 Å². The van der Waals surface area contributed by atoms with Crippen LogP contribution in [0.2, 0.25) is 10.0 Å². The lowest BCUT2D eigenvalue weighted by molar-refractivity contribution is -0.144. The summed E-state index contributed by atoms with van der Waals surface area (Å²) in [7, 11) is 0. The Morgan fingerprint density at radius 1 is 0.921 bits per heavy atom. The second-order valence-corrected chi connectivity index (χ2v) is 10.4. The molecule has 0 fully saturated rings. The smallest absolute Gasteiger partial charge is 0.303 e. The van der Waals surface area contributed by atoms with Crippen LogP contribution >= 0.6 is 35.0 Å². The van der Waals surface area contributed by atoms with E-state index in [0.29, 0.717) is 15.7 Å². The highest BCUT2D eigenvalue weighted by molar-refractivity contribution is 7.99. The van der Waals surface area contributed by atoms with Gasteiger partial charge in [0.15, 0.2) is 11.8 Å². The molecular weight excluding hydrogens is 543 g/mol. The molecule has 0 saturated carbocycles. The molecule has 4 rings (SSSR count). The highest BCUT2D eigenvalue weighted by Crippen LogP contribution is 2.41. The maximum absolute atomic E-state index is 12.0. The van der Waals surface area contributed by atoms with Crippen LogP contribution in [0.3, 0.4) is 0 Å². The molecule has 0 atom stereocenters. The van der Waals surface area contributed by atoms with Gasteiger partial charge in [0.1, 0.15) is 5.82 Å². The van der Waals surface area contributed by atoms with Gasteiger partial charge < -0.3 is 10.1 Å². The molecule has 1 amide bonds. The highest BCUT2D eigenvalue weighted by Gasteiger charge is 2.22. The van der Waals surface area contributed by atoms with E-state index in [1.165, 1.54) is 6.92 Å². The van der Waals surface area contributed by atoms with Gasteiger partial charge in [0.05, 0.1) is 5.25 Å². The van der Waals surface area contributed by atoms with Crippen molar-refractivity contribution in [3.8, 4) is 5.69 Å². The molecule has 0 unspecified atom stereocenters. The number of amides is 1. The number of nitrogens with one attached hydrogen (secondary N) is 1. The van der Waals surface area contributed by atoms with Crippen LogP contribution in [0.1, 0.15) is 42.5 Å². The standard InChI is InChI=1S/C28H26Cl2N4O3S/c1-3-4-25-32-33-28(34(25)24-15-13-23(14-16-24)31-26(36)17-37-18(2)35)38-27(19-5-9-21(29)10-6-19)20-7-11-22(30)12-8-20/h5-16,27H,3-4,17H2,1-2H3,(H,31,36). The summed E-state index contributed by atoms with van der Waals surface area (Å²) in [5, 5.41) is 13.8. The minimum Gasteiger partial charge on any atom is -0.456 e. The van der Waals surface area contributed by atoms with Crippen LogP contribution in [-0.2, 0) is 20.7 Å². The van der Waals surface area contributed by atoms with Crippen molar-refractivity contribution in [1.82, 2.24) is 14.8 Å². The van der Waals surface area contributed by atoms with E-state index < -0.39 is 11.9 Å². The van der Waals surface area contributed by atoms with Crippen LogP contribution in [0.4, 0.5) is 5.69 Å². The van der Waals surface area contributed by atoms with Gasteiger partial charge in [-0.15, -0.1) is 10.2 Å². The molecule has 196 valence electrons. The van der Waals surface area contributed by atoms with Crippen molar-refractivity contribution in [3.05, 3.63) is 99.8 Å². The molecule has 0 saturated heterocycles. The van der Waals surface area contributed by atoms with Crippen molar-refractivity contribution >= 4 is 52.5 Å². The summed E-state index contributed by atoms with van der Waals surface area (Å²) in [5.41, 5.74) is 3.59. The first-order chi connectivity index (χ1) is 18.3. The fourth-order valence-corrected chi connectivity index (χ4v) is 5.24. The third-order valence-corrected chi connectivity index (χ3v) is 7.32. The predicted molar refractivity (Wildman–Crippen MR) is 151 cm³/mol. The summed E-state index contributed by atoms with van der Waals surface area (Å²) in [5.74, 6) is -0.0753. The van der Waals surface area contributed by atoms with E-state index in [1.807, 2.05) is 65.2 Å². The maximum Gasteiger partial charge on any atom is 0.303 e. The van der Waals surface area contributed by atoms with Crippen LogP contribution in [0.25, 0.3) is 5.69 Å². The zero-order valence-electron chi connectivity index (χ0n) is 20.9. The molecule has 0 aliphatic heterocycles. The number of rotatable bonds is 10. The Morgan fingerprint density at radius 2 is 1.50 bits per heavy atom. The van der Waals surface area contributed by atoms with E-state index in [0.717, 1.165) is 40.6 Å². The van der Waals surface area contributed by atoms with Gasteiger partial charge >= 0.3 is 5.97 Å². The Bertz CT molecular complexity index is 1350. The van der Waals surface area contributed by atoms with E-state index >= 15 is 0 Å². The average Bonchev–Trinajstić information content (AvgIpc) is 3.30. The molecule has 38 heavy (non-hydrogen) atoms. The summed E-state index contributed by atoms with van der Waals surface area (Å²) in [6.07, 6.45) is 1.66. The van der Waals surface area contributed by atoms with Crippen LogP contribution in [0.15, 0.2) is 78.0 Å². The molecule has 0 bridgehead atoms. The van der Waals surface area contributed by atoms with Crippen LogP contribution in [0.5, 0.6) is 0 Å². The summed E-state index contributed by atoms with van der Waals surface area (Å²) in [4.78, 5) is 23.0. The Morgan fingerprint density at radius 3 is 2.03 bits per heavy atom. The number of nitrogens with zero attached hydrogens (tertiary/aromatic N) is 3. The Hall–Kier alpha value is -3.33. The summed E-state index contributed by atoms with van der Waals surface area (Å²) < 4.78 is 6.79. The van der Waals surface area contributed by atoms with Gasteiger partial charge in [-0.3, -0.25) is 14.2 Å². The predicted octanol–water partition coefficient (Wildman–Crippen LogP) is 6.91. The molecule has 3 aromatic carbocycles. The molecule has 0 radical (unpaired) electrons. The number of hydrogen-bond donors (Lipinski definition) is 1. The molecular formula is C28H26Cl2N4O3S. The molecule has 1 heterocycles. The second kappa shape index (κ2) is 13.0. The van der Waals surface area contributed by atoms with Gasteiger partial charge in [-0.05, 0) is 66.1 Å². The third kappa shape index (κ3) is 7.16. The maximum atomic E-state index is 12.0. The number of benzene rings is 3. The van der Waals surface area contributed by atoms with Gasteiger partial charge in [-0.2, -0.15) is 0 Å². The van der Waals surface area contributed by atoms with Gasteiger partial charge in [0, 0.05) is 34.8 Å². The third-order valence-electron chi connectivity index (χ3n) is 5.56. The van der Waals surface area contributed by atoms with Crippen LogP contribution in [-0.4, -0.2) is 33.2 Å². The fraction of sp³-hybridized carbons (Fsp3) is 0.214. The van der Waals surface area contributed by atoms with Crippen molar-refractivity contribution in [3.63, 3.8) is 0 Å². The molecule has 1 N–H and O–H groups in total. The molecule has 1 aromatic heterocycles. The number of carbonyl (C=O) groups excluding carboxylic acids is 2. The number of halogens is 2. The first-order valence-corrected chi connectivity index (χ1v) is 13.6. The molecule has 0 aliphatic rings. The van der Waals surface area contributed by atoms with Crippen molar-refractivity contribution in [1.29, 1.82) is 0 Å². The van der Waals surface area contributed by atoms with Crippen LogP contribution < -0.4 is 5.32 Å². The molecule has 4 aromatic rings. The first kappa shape index (κ1) is 27.7. The minimum atomic E-state index is -0.507. The zero-order chi connectivity index (χ0) is 27.1. The lowest BCUT2D eigenvalue weighted by atomic mass is 10.0.